The summed E-state index contributed by atoms with van der Waals surface area (Å²) >= 11 is 7.16. The van der Waals surface area contributed by atoms with E-state index in [2.05, 4.69) is 22.3 Å². The summed E-state index contributed by atoms with van der Waals surface area (Å²) in [7, 11) is 1.83. The second-order valence-electron chi connectivity index (χ2n) is 6.11. The van der Waals surface area contributed by atoms with E-state index in [0.29, 0.717) is 28.4 Å². The van der Waals surface area contributed by atoms with Crippen molar-refractivity contribution in [3.05, 3.63) is 59.1 Å². The van der Waals surface area contributed by atoms with Crippen LogP contribution in [0.2, 0.25) is 5.02 Å². The van der Waals surface area contributed by atoms with Crippen molar-refractivity contribution in [3.8, 4) is 5.75 Å². The third kappa shape index (κ3) is 5.74. The van der Waals surface area contributed by atoms with Crippen molar-refractivity contribution in [1.82, 2.24) is 5.01 Å². The zero-order valence-corrected chi connectivity index (χ0v) is 17.3. The fourth-order valence-electron chi connectivity index (χ4n) is 2.56. The lowest BCUT2D eigenvalue weighted by Gasteiger charge is -2.20. The van der Waals surface area contributed by atoms with Crippen LogP contribution >= 0.6 is 23.4 Å². The van der Waals surface area contributed by atoms with Gasteiger partial charge in [-0.1, -0.05) is 48.5 Å². The van der Waals surface area contributed by atoms with Crippen molar-refractivity contribution < 1.29 is 9.53 Å². The van der Waals surface area contributed by atoms with E-state index in [1.165, 1.54) is 11.8 Å². The molecular weight excluding hydrogens is 396 g/mol. The molecule has 1 amide bonds. The molecule has 3 rings (SSSR count). The minimum Gasteiger partial charge on any atom is -0.441 e. The maximum absolute atomic E-state index is 12.3. The summed E-state index contributed by atoms with van der Waals surface area (Å²) < 4.78 is 5.80. The number of halogens is 1. The summed E-state index contributed by atoms with van der Waals surface area (Å²) in [4.78, 5) is 16.7. The lowest BCUT2D eigenvalue weighted by atomic mass is 10.1. The molecular formula is C20H21ClN4O2S. The van der Waals surface area contributed by atoms with Crippen LogP contribution in [0.25, 0.3) is 0 Å². The first-order chi connectivity index (χ1) is 13.5. The number of hydrogen-bond acceptors (Lipinski definition) is 6. The molecule has 0 spiro atoms. The average Bonchev–Trinajstić information content (AvgIpc) is 2.68. The first-order valence-corrected chi connectivity index (χ1v) is 10.2. The highest BCUT2D eigenvalue weighted by atomic mass is 35.5. The van der Waals surface area contributed by atoms with Crippen molar-refractivity contribution in [2.75, 3.05) is 24.7 Å². The maximum atomic E-state index is 12.3. The monoisotopic (exact) mass is 416 g/mol. The molecule has 28 heavy (non-hydrogen) atoms. The Morgan fingerprint density at radius 2 is 2.00 bits per heavy atom. The number of nitrogens with zero attached hydrogens (tertiary/aromatic N) is 3. The molecule has 0 fully saturated rings. The molecule has 1 aliphatic heterocycles. The predicted molar refractivity (Wildman–Crippen MR) is 116 cm³/mol. The minimum atomic E-state index is -0.0998. The third-order valence-electron chi connectivity index (χ3n) is 3.89. The molecule has 1 N–H and O–H groups in total. The fourth-order valence-corrected chi connectivity index (χ4v) is 3.39. The highest BCUT2D eigenvalue weighted by molar-refractivity contribution is 8.14. The van der Waals surface area contributed by atoms with Gasteiger partial charge in [-0.25, -0.2) is 0 Å². The Labute approximate surface area is 173 Å². The van der Waals surface area contributed by atoms with E-state index in [-0.39, 0.29) is 11.7 Å². The van der Waals surface area contributed by atoms with Crippen LogP contribution in [0.4, 0.5) is 5.69 Å². The molecule has 0 atom stereocenters. The number of amidine groups is 1. The van der Waals surface area contributed by atoms with Crippen LogP contribution < -0.4 is 10.1 Å². The van der Waals surface area contributed by atoms with Gasteiger partial charge in [-0.05, 0) is 42.3 Å². The molecule has 0 radical (unpaired) electrons. The van der Waals surface area contributed by atoms with E-state index in [4.69, 9.17) is 16.3 Å². The molecule has 0 saturated carbocycles. The van der Waals surface area contributed by atoms with E-state index >= 15 is 0 Å². The summed E-state index contributed by atoms with van der Waals surface area (Å²) in [5.41, 5.74) is 1.95. The highest BCUT2D eigenvalue weighted by Gasteiger charge is 2.16. The van der Waals surface area contributed by atoms with Crippen LogP contribution in [-0.4, -0.2) is 41.3 Å². The number of nitrogens with one attached hydrogen (secondary N) is 1. The second kappa shape index (κ2) is 9.61. The number of ether oxygens (including phenoxy) is 1. The second-order valence-corrected chi connectivity index (χ2v) is 7.49. The van der Waals surface area contributed by atoms with Gasteiger partial charge in [0.15, 0.2) is 0 Å². The number of hydrogen-bond donors (Lipinski definition) is 1. The maximum Gasteiger partial charge on any atom is 0.234 e. The van der Waals surface area contributed by atoms with Crippen molar-refractivity contribution in [1.29, 1.82) is 0 Å². The summed E-state index contributed by atoms with van der Waals surface area (Å²) in [6, 6.07) is 14.9. The van der Waals surface area contributed by atoms with E-state index in [0.717, 1.165) is 17.7 Å². The summed E-state index contributed by atoms with van der Waals surface area (Å²) in [5.74, 6) is 1.27. The van der Waals surface area contributed by atoms with Gasteiger partial charge >= 0.3 is 0 Å². The van der Waals surface area contributed by atoms with Gasteiger partial charge in [-0.15, -0.1) is 5.10 Å². The Bertz CT molecular complexity index is 899. The number of thioether (sulfide) groups is 1. The number of aliphatic imine (C=N–C) groups is 1. The zero-order chi connectivity index (χ0) is 19.9. The highest BCUT2D eigenvalue weighted by Crippen LogP contribution is 2.19. The van der Waals surface area contributed by atoms with Gasteiger partial charge in [0.1, 0.15) is 12.3 Å². The molecule has 1 aliphatic rings. The van der Waals surface area contributed by atoms with Crippen LogP contribution in [0, 0.1) is 0 Å². The summed E-state index contributed by atoms with van der Waals surface area (Å²) in [5, 5.41) is 10.1. The summed E-state index contributed by atoms with van der Waals surface area (Å²) in [6.07, 6.45) is 0.858. The van der Waals surface area contributed by atoms with Gasteiger partial charge in [-0.3, -0.25) is 9.80 Å². The van der Waals surface area contributed by atoms with E-state index in [1.54, 1.807) is 29.3 Å². The largest absolute Gasteiger partial charge is 0.441 e. The van der Waals surface area contributed by atoms with Gasteiger partial charge in [0.25, 0.3) is 0 Å². The number of hydrazone groups is 1. The first kappa shape index (κ1) is 20.2. The molecule has 146 valence electrons. The van der Waals surface area contributed by atoms with Crippen LogP contribution in [0.15, 0.2) is 58.6 Å². The van der Waals surface area contributed by atoms with Crippen LogP contribution in [-0.2, 0) is 11.2 Å². The fraction of sp³-hybridized carbons (Fsp3) is 0.250. The normalized spacial score (nSPS) is 13.6. The Morgan fingerprint density at radius 3 is 2.75 bits per heavy atom. The predicted octanol–water partition coefficient (Wildman–Crippen LogP) is 4.27. The van der Waals surface area contributed by atoms with E-state index in [1.807, 2.05) is 31.3 Å². The van der Waals surface area contributed by atoms with Crippen molar-refractivity contribution in [2.45, 2.75) is 13.3 Å². The van der Waals surface area contributed by atoms with Crippen molar-refractivity contribution in [3.63, 3.8) is 0 Å². The van der Waals surface area contributed by atoms with E-state index in [9.17, 15) is 4.79 Å². The molecule has 0 unspecified atom stereocenters. The Balaban J connectivity index is 1.58. The number of benzene rings is 2. The molecule has 2 aromatic carbocycles. The summed E-state index contributed by atoms with van der Waals surface area (Å²) in [6.45, 7) is 2.51. The van der Waals surface area contributed by atoms with Crippen LogP contribution in [0.3, 0.4) is 0 Å². The van der Waals surface area contributed by atoms with Crippen LogP contribution in [0.1, 0.15) is 12.5 Å². The number of carbonyl (C=O) groups is 1. The molecule has 8 heteroatoms. The van der Waals surface area contributed by atoms with Gasteiger partial charge in [0.2, 0.25) is 17.0 Å². The first-order valence-electron chi connectivity index (χ1n) is 8.84. The zero-order valence-electron chi connectivity index (χ0n) is 15.7. The third-order valence-corrected chi connectivity index (χ3v) is 4.98. The molecule has 0 saturated heterocycles. The van der Waals surface area contributed by atoms with Gasteiger partial charge in [0, 0.05) is 17.8 Å². The number of rotatable bonds is 5. The number of amides is 1. The molecule has 0 aromatic heterocycles. The van der Waals surface area contributed by atoms with Crippen molar-refractivity contribution in [2.24, 2.45) is 10.1 Å². The molecule has 1 heterocycles. The Hall–Kier alpha value is -2.51. The SMILES string of the molecule is CCc1ccccc1NC(=O)CSC1=NN(C)CC(Oc2ccc(Cl)cc2)=N1. The Kier molecular flexibility index (Phi) is 6.95. The van der Waals surface area contributed by atoms with E-state index < -0.39 is 0 Å². The molecule has 0 aliphatic carbocycles. The molecule has 6 nitrogen and oxygen atoms in total. The minimum absolute atomic E-state index is 0.0998. The molecule has 0 bridgehead atoms. The lowest BCUT2D eigenvalue weighted by Crippen LogP contribution is -2.31. The number of carbonyl (C=O) groups excluding carboxylic acids is 1. The lowest BCUT2D eigenvalue weighted by molar-refractivity contribution is -0.113. The topological polar surface area (TPSA) is 66.3 Å². The Morgan fingerprint density at radius 1 is 1.25 bits per heavy atom. The molecule has 2 aromatic rings. The quantitative estimate of drug-likeness (QED) is 0.790. The van der Waals surface area contributed by atoms with Crippen LogP contribution in [0.5, 0.6) is 5.75 Å². The van der Waals surface area contributed by atoms with Gasteiger partial charge in [0.05, 0.1) is 5.75 Å². The van der Waals surface area contributed by atoms with Gasteiger partial charge in [-0.2, -0.15) is 4.99 Å². The number of aryl methyl sites for hydroxylation is 1. The number of para-hydroxylation sites is 1. The number of likely N-dealkylation sites (N-methyl/N-ethyl adjacent to an activating group) is 1. The van der Waals surface area contributed by atoms with Crippen molar-refractivity contribution >= 4 is 46.0 Å². The number of anilines is 1. The van der Waals surface area contributed by atoms with Gasteiger partial charge < -0.3 is 10.1 Å². The standard InChI is InChI=1S/C20H21ClN4O2S/c1-3-14-6-4-5-7-17(14)22-18(26)13-28-20-23-19(12-25(2)24-20)27-16-10-8-15(21)9-11-16/h4-11H,3,12-13H2,1-2H3,(H,22,26). The smallest absolute Gasteiger partial charge is 0.234 e. The average molecular weight is 417 g/mol.